The molecule has 2 fully saturated rings. The van der Waals surface area contributed by atoms with Gasteiger partial charge in [0.1, 0.15) is 23.3 Å². The van der Waals surface area contributed by atoms with Crippen LogP contribution < -0.4 is 4.74 Å². The van der Waals surface area contributed by atoms with Gasteiger partial charge in [0.2, 0.25) is 5.91 Å². The van der Waals surface area contributed by atoms with Crippen LogP contribution in [0.1, 0.15) is 50.2 Å². The van der Waals surface area contributed by atoms with E-state index >= 15 is 0 Å². The van der Waals surface area contributed by atoms with Gasteiger partial charge in [0, 0.05) is 33.2 Å². The fourth-order valence-corrected chi connectivity index (χ4v) is 6.54. The minimum atomic E-state index is -1.30. The Kier molecular flexibility index (Phi) is 10.6. The first-order valence-corrected chi connectivity index (χ1v) is 14.2. The Morgan fingerprint density at radius 2 is 1.77 bits per heavy atom. The topological polar surface area (TPSA) is 62.3 Å². The number of amides is 1. The molecule has 35 heavy (non-hydrogen) atoms. The van der Waals surface area contributed by atoms with E-state index in [4.69, 9.17) is 9.47 Å². The highest BCUT2D eigenvalue weighted by Crippen LogP contribution is 2.33. The standard InChI is InChI=1S/C27H45N3O4S/c1-20-16-25(33-6)17-21(2)27(20)35(32)28(4)14-15-34-19-26(31)29(5)22(3)24-10-8-23(9-11-24)18-30-12-7-13-30/h16-17,22-24H,7-15,18-19H2,1-6H3. The average molecular weight is 508 g/mol. The molecule has 7 nitrogen and oxygen atoms in total. The van der Waals surface area contributed by atoms with Crippen molar-refractivity contribution in [3.63, 3.8) is 0 Å². The summed E-state index contributed by atoms with van der Waals surface area (Å²) in [6, 6.07) is 4.03. The molecule has 1 saturated carbocycles. The first kappa shape index (κ1) is 28.1. The summed E-state index contributed by atoms with van der Waals surface area (Å²) in [5, 5.41) is 0. The average Bonchev–Trinajstić information content (AvgIpc) is 2.82. The SMILES string of the molecule is COc1cc(C)c(S(=O)N(C)CCOCC(=O)N(C)C(C)C2CCC(CN3CCC3)CC2)c(C)c1. The fourth-order valence-electron chi connectivity index (χ4n) is 5.32. The highest BCUT2D eigenvalue weighted by molar-refractivity contribution is 7.82. The van der Waals surface area contributed by atoms with Crippen molar-refractivity contribution in [2.75, 3.05) is 60.6 Å². The van der Waals surface area contributed by atoms with Crippen molar-refractivity contribution < 1.29 is 18.5 Å². The van der Waals surface area contributed by atoms with Crippen molar-refractivity contribution in [2.45, 2.75) is 63.8 Å². The Morgan fingerprint density at radius 1 is 1.14 bits per heavy atom. The maximum atomic E-state index is 13.1. The molecule has 0 radical (unpaired) electrons. The van der Waals surface area contributed by atoms with E-state index in [0.717, 1.165) is 27.7 Å². The number of likely N-dealkylation sites (N-methyl/N-ethyl adjacent to an activating group) is 2. The predicted octanol–water partition coefficient (Wildman–Crippen LogP) is 3.64. The van der Waals surface area contributed by atoms with Crippen LogP contribution in [0.15, 0.2) is 17.0 Å². The Morgan fingerprint density at radius 3 is 2.31 bits per heavy atom. The summed E-state index contributed by atoms with van der Waals surface area (Å²) < 4.78 is 25.8. The van der Waals surface area contributed by atoms with E-state index in [2.05, 4.69) is 11.8 Å². The Labute approximate surface area is 214 Å². The van der Waals surface area contributed by atoms with Gasteiger partial charge in [0.05, 0.1) is 18.6 Å². The normalized spacial score (nSPS) is 22.5. The van der Waals surface area contributed by atoms with E-state index in [1.165, 1.54) is 51.7 Å². The van der Waals surface area contributed by atoms with Crippen LogP contribution in [-0.4, -0.2) is 90.9 Å². The molecule has 198 valence electrons. The van der Waals surface area contributed by atoms with Gasteiger partial charge in [-0.3, -0.25) is 4.79 Å². The Bertz CT molecular complexity index is 845. The molecule has 2 unspecified atom stereocenters. The number of methoxy groups -OCH3 is 1. The lowest BCUT2D eigenvalue weighted by molar-refractivity contribution is -0.138. The molecular weight excluding hydrogens is 462 g/mol. The molecule has 0 N–H and O–H groups in total. The summed E-state index contributed by atoms with van der Waals surface area (Å²) in [6.07, 6.45) is 6.33. The molecule has 1 aliphatic heterocycles. The number of hydrogen-bond acceptors (Lipinski definition) is 5. The number of rotatable bonds is 12. The number of likely N-dealkylation sites (tertiary alicyclic amines) is 1. The van der Waals surface area contributed by atoms with Gasteiger partial charge in [-0.05, 0) is 101 Å². The molecule has 0 spiro atoms. The maximum Gasteiger partial charge on any atom is 0.248 e. The lowest BCUT2D eigenvalue weighted by Crippen LogP contribution is -2.44. The zero-order valence-corrected chi connectivity index (χ0v) is 23.4. The van der Waals surface area contributed by atoms with Crippen molar-refractivity contribution in [1.82, 2.24) is 14.1 Å². The van der Waals surface area contributed by atoms with Gasteiger partial charge in [-0.1, -0.05) is 0 Å². The van der Waals surface area contributed by atoms with Gasteiger partial charge < -0.3 is 19.3 Å². The molecule has 1 aromatic carbocycles. The molecule has 1 heterocycles. The summed E-state index contributed by atoms with van der Waals surface area (Å²) in [5.74, 6) is 2.19. The van der Waals surface area contributed by atoms with Crippen molar-refractivity contribution >= 4 is 16.9 Å². The van der Waals surface area contributed by atoms with Gasteiger partial charge >= 0.3 is 0 Å². The number of benzene rings is 1. The lowest BCUT2D eigenvalue weighted by atomic mass is 9.78. The number of carbonyl (C=O) groups is 1. The van der Waals surface area contributed by atoms with Crippen LogP contribution in [0, 0.1) is 25.7 Å². The molecule has 0 bridgehead atoms. The van der Waals surface area contributed by atoms with Gasteiger partial charge in [0.25, 0.3) is 0 Å². The van der Waals surface area contributed by atoms with E-state index in [1.54, 1.807) is 11.4 Å². The van der Waals surface area contributed by atoms with Crippen LogP contribution in [-0.2, 0) is 20.5 Å². The number of nitrogens with zero attached hydrogens (tertiary/aromatic N) is 3. The molecule has 1 saturated heterocycles. The number of carbonyl (C=O) groups excluding carboxylic acids is 1. The largest absolute Gasteiger partial charge is 0.497 e. The number of ether oxygens (including phenoxy) is 2. The lowest BCUT2D eigenvalue weighted by Gasteiger charge is -2.40. The van der Waals surface area contributed by atoms with Crippen LogP contribution >= 0.6 is 0 Å². The molecule has 1 aromatic rings. The molecule has 1 amide bonds. The third-order valence-corrected chi connectivity index (χ3v) is 9.69. The Hall–Kier alpha value is -1.48. The van der Waals surface area contributed by atoms with E-state index < -0.39 is 11.0 Å². The minimum absolute atomic E-state index is 0.0193. The van der Waals surface area contributed by atoms with Gasteiger partial charge in [-0.2, -0.15) is 0 Å². The molecule has 8 heteroatoms. The minimum Gasteiger partial charge on any atom is -0.497 e. The predicted molar refractivity (Wildman–Crippen MR) is 141 cm³/mol. The van der Waals surface area contributed by atoms with E-state index in [1.807, 2.05) is 45.0 Å². The third kappa shape index (κ3) is 7.51. The summed E-state index contributed by atoms with van der Waals surface area (Å²) in [4.78, 5) is 18.0. The van der Waals surface area contributed by atoms with Crippen LogP contribution in [0.3, 0.4) is 0 Å². The van der Waals surface area contributed by atoms with Gasteiger partial charge in [0.15, 0.2) is 0 Å². The quantitative estimate of drug-likeness (QED) is 0.404. The highest BCUT2D eigenvalue weighted by Gasteiger charge is 2.30. The maximum absolute atomic E-state index is 13.1. The molecular formula is C27H45N3O4S. The number of aryl methyl sites for hydroxylation is 2. The van der Waals surface area contributed by atoms with Crippen LogP contribution in [0.2, 0.25) is 0 Å². The Balaban J connectivity index is 1.37. The summed E-state index contributed by atoms with van der Waals surface area (Å²) in [6.45, 7) is 10.8. The highest BCUT2D eigenvalue weighted by atomic mass is 32.2. The zero-order valence-electron chi connectivity index (χ0n) is 22.5. The summed E-state index contributed by atoms with van der Waals surface area (Å²) in [5.41, 5.74) is 1.88. The van der Waals surface area contributed by atoms with Crippen molar-refractivity contribution in [3.05, 3.63) is 23.3 Å². The molecule has 0 aromatic heterocycles. The fraction of sp³-hybridized carbons (Fsp3) is 0.741. The summed E-state index contributed by atoms with van der Waals surface area (Å²) in [7, 11) is 4.05. The smallest absolute Gasteiger partial charge is 0.248 e. The summed E-state index contributed by atoms with van der Waals surface area (Å²) >= 11 is 0. The van der Waals surface area contributed by atoms with Gasteiger partial charge in [-0.25, -0.2) is 8.51 Å². The molecule has 2 atom stereocenters. The van der Waals surface area contributed by atoms with Crippen molar-refractivity contribution in [1.29, 1.82) is 0 Å². The first-order valence-electron chi connectivity index (χ1n) is 13.0. The van der Waals surface area contributed by atoms with Crippen LogP contribution in [0.4, 0.5) is 0 Å². The van der Waals surface area contributed by atoms with Crippen molar-refractivity contribution in [2.24, 2.45) is 11.8 Å². The monoisotopic (exact) mass is 507 g/mol. The zero-order chi connectivity index (χ0) is 25.5. The second-order valence-corrected chi connectivity index (χ2v) is 12.0. The molecule has 3 rings (SSSR count). The van der Waals surface area contributed by atoms with E-state index in [0.29, 0.717) is 19.1 Å². The number of hydrogen-bond donors (Lipinski definition) is 0. The second kappa shape index (κ2) is 13.2. The molecule has 1 aliphatic carbocycles. The molecule has 2 aliphatic rings. The van der Waals surface area contributed by atoms with Gasteiger partial charge in [-0.15, -0.1) is 0 Å². The van der Waals surface area contributed by atoms with Crippen molar-refractivity contribution in [3.8, 4) is 5.75 Å². The van der Waals surface area contributed by atoms with E-state index in [-0.39, 0.29) is 18.6 Å². The van der Waals surface area contributed by atoms with Crippen LogP contribution in [0.5, 0.6) is 5.75 Å². The second-order valence-electron chi connectivity index (χ2n) is 10.4. The van der Waals surface area contributed by atoms with E-state index in [9.17, 15) is 9.00 Å². The first-order chi connectivity index (χ1) is 16.7. The third-order valence-electron chi connectivity index (χ3n) is 7.95. The van der Waals surface area contributed by atoms with Crippen LogP contribution in [0.25, 0.3) is 0 Å².